The molecule has 1 aromatic carbocycles. The molecule has 1 aromatic rings. The van der Waals surface area contributed by atoms with Gasteiger partial charge in [-0.15, -0.1) is 0 Å². The average molecular weight is 400 g/mol. The van der Waals surface area contributed by atoms with Crippen molar-refractivity contribution in [3.05, 3.63) is 47.4 Å². The van der Waals surface area contributed by atoms with E-state index in [1.165, 1.54) is 6.08 Å². The molecule has 0 spiro atoms. The topological polar surface area (TPSA) is 101 Å². The molecule has 0 aromatic heterocycles. The number of aliphatic hydroxyl groups excluding tert-OH is 1. The second-order valence-electron chi connectivity index (χ2n) is 6.71. The van der Waals surface area contributed by atoms with Crippen molar-refractivity contribution in [3.8, 4) is 11.8 Å². The monoisotopic (exact) mass is 400 g/mol. The number of nitrogens with one attached hydrogen (secondary N) is 1. The highest BCUT2D eigenvalue weighted by molar-refractivity contribution is 5.47. The SMILES string of the molecule is CCO/C(=C/N[C@H]1c2cc(C#N)ccc2OC(CC)(CC)[C@@H]1O)COCC=C=O. The van der Waals surface area contributed by atoms with Crippen molar-refractivity contribution in [1.29, 1.82) is 5.26 Å². The summed E-state index contributed by atoms with van der Waals surface area (Å²) >= 11 is 0. The van der Waals surface area contributed by atoms with Crippen LogP contribution in [0.2, 0.25) is 0 Å². The third-order valence-corrected chi connectivity index (χ3v) is 5.12. The van der Waals surface area contributed by atoms with Crippen LogP contribution in [0.25, 0.3) is 0 Å². The van der Waals surface area contributed by atoms with E-state index < -0.39 is 17.7 Å². The second-order valence-corrected chi connectivity index (χ2v) is 6.71. The van der Waals surface area contributed by atoms with E-state index in [1.54, 1.807) is 30.3 Å². The third-order valence-electron chi connectivity index (χ3n) is 5.12. The van der Waals surface area contributed by atoms with E-state index in [2.05, 4.69) is 11.4 Å². The van der Waals surface area contributed by atoms with Gasteiger partial charge >= 0.3 is 0 Å². The Kier molecular flexibility index (Phi) is 8.29. The van der Waals surface area contributed by atoms with Crippen LogP contribution in [0.15, 0.2) is 36.2 Å². The summed E-state index contributed by atoms with van der Waals surface area (Å²) in [4.78, 5) is 10.2. The van der Waals surface area contributed by atoms with Crippen LogP contribution in [-0.4, -0.2) is 42.6 Å². The van der Waals surface area contributed by atoms with Crippen molar-refractivity contribution in [2.24, 2.45) is 0 Å². The Balaban J connectivity index is 2.34. The fraction of sp³-hybridized carbons (Fsp3) is 0.500. The normalized spacial score (nSPS) is 19.9. The number of aliphatic hydroxyl groups is 1. The summed E-state index contributed by atoms with van der Waals surface area (Å²) in [6.07, 6.45) is 3.33. The molecule has 0 bridgehead atoms. The average Bonchev–Trinajstić information content (AvgIpc) is 2.75. The zero-order chi connectivity index (χ0) is 21.3. The first-order chi connectivity index (χ1) is 14.0. The van der Waals surface area contributed by atoms with Gasteiger partial charge in [-0.2, -0.15) is 5.26 Å². The molecule has 0 unspecified atom stereocenters. The molecule has 156 valence electrons. The Hall–Kier alpha value is -2.78. The van der Waals surface area contributed by atoms with Gasteiger partial charge in [-0.25, -0.2) is 4.79 Å². The molecule has 7 nitrogen and oxygen atoms in total. The van der Waals surface area contributed by atoms with Crippen LogP contribution >= 0.6 is 0 Å². The zero-order valence-corrected chi connectivity index (χ0v) is 17.1. The van der Waals surface area contributed by atoms with E-state index in [0.717, 1.165) is 0 Å². The first-order valence-electron chi connectivity index (χ1n) is 9.81. The molecule has 2 N–H and O–H groups in total. The molecule has 0 fully saturated rings. The summed E-state index contributed by atoms with van der Waals surface area (Å²) in [5.74, 6) is 2.83. The van der Waals surface area contributed by atoms with Crippen LogP contribution in [0.4, 0.5) is 0 Å². The van der Waals surface area contributed by atoms with Gasteiger partial charge < -0.3 is 24.6 Å². The summed E-state index contributed by atoms with van der Waals surface area (Å²) in [6, 6.07) is 6.85. The van der Waals surface area contributed by atoms with Crippen molar-refractivity contribution in [3.63, 3.8) is 0 Å². The molecule has 1 aliphatic heterocycles. The molecule has 1 aliphatic rings. The number of hydrogen-bond donors (Lipinski definition) is 2. The molecule has 7 heteroatoms. The van der Waals surface area contributed by atoms with Crippen LogP contribution in [0.5, 0.6) is 5.75 Å². The van der Waals surface area contributed by atoms with Gasteiger partial charge in [0.2, 0.25) is 0 Å². The van der Waals surface area contributed by atoms with Crippen LogP contribution in [-0.2, 0) is 14.3 Å². The van der Waals surface area contributed by atoms with E-state index in [1.807, 2.05) is 20.8 Å². The fourth-order valence-corrected chi connectivity index (χ4v) is 3.45. The molecular weight excluding hydrogens is 372 g/mol. The van der Waals surface area contributed by atoms with Gasteiger partial charge in [-0.05, 0) is 38.0 Å². The van der Waals surface area contributed by atoms with Crippen LogP contribution < -0.4 is 10.1 Å². The summed E-state index contributed by atoms with van der Waals surface area (Å²) in [5.41, 5.74) is 0.472. The minimum atomic E-state index is -0.836. The van der Waals surface area contributed by atoms with Crippen LogP contribution in [0, 0.1) is 11.3 Å². The molecule has 0 saturated heterocycles. The number of nitriles is 1. The maximum Gasteiger partial charge on any atom is 0.137 e. The number of ether oxygens (including phenoxy) is 3. The highest BCUT2D eigenvalue weighted by atomic mass is 16.5. The summed E-state index contributed by atoms with van der Waals surface area (Å²) in [5, 5.41) is 23.7. The van der Waals surface area contributed by atoms with Crippen molar-refractivity contribution in [2.45, 2.75) is 51.4 Å². The predicted molar refractivity (Wildman–Crippen MR) is 108 cm³/mol. The molecule has 1 heterocycles. The number of carbonyl (C=O) groups excluding carboxylic acids is 1. The van der Waals surface area contributed by atoms with E-state index in [0.29, 0.717) is 42.1 Å². The molecule has 2 rings (SSSR count). The molecule has 29 heavy (non-hydrogen) atoms. The Morgan fingerprint density at radius 2 is 2.14 bits per heavy atom. The number of fused-ring (bicyclic) bond motifs is 1. The first kappa shape index (κ1) is 22.5. The lowest BCUT2D eigenvalue weighted by Gasteiger charge is -2.45. The third kappa shape index (κ3) is 5.18. The number of benzene rings is 1. The number of rotatable bonds is 10. The van der Waals surface area contributed by atoms with E-state index in [4.69, 9.17) is 14.2 Å². The zero-order valence-electron chi connectivity index (χ0n) is 17.1. The van der Waals surface area contributed by atoms with Gasteiger partial charge in [0.25, 0.3) is 0 Å². The quantitative estimate of drug-likeness (QED) is 0.354. The van der Waals surface area contributed by atoms with Crippen molar-refractivity contribution >= 4 is 5.94 Å². The molecule has 0 saturated carbocycles. The van der Waals surface area contributed by atoms with E-state index >= 15 is 0 Å². The maximum atomic E-state index is 11.2. The summed E-state index contributed by atoms with van der Waals surface area (Å²) < 4.78 is 17.1. The Morgan fingerprint density at radius 3 is 2.76 bits per heavy atom. The summed E-state index contributed by atoms with van der Waals surface area (Å²) in [6.45, 7) is 6.56. The van der Waals surface area contributed by atoms with Crippen molar-refractivity contribution in [2.75, 3.05) is 19.8 Å². The minimum absolute atomic E-state index is 0.136. The highest BCUT2D eigenvalue weighted by Crippen LogP contribution is 2.43. The summed E-state index contributed by atoms with van der Waals surface area (Å²) in [7, 11) is 0. The number of nitrogens with zero attached hydrogens (tertiary/aromatic N) is 1. The standard InChI is InChI=1S/C22H28N2O5/c1-4-22(5-2)21(26)20(18-12-16(13-23)8-9-19(18)29-22)24-14-17(28-6-3)15-27-11-7-10-25/h7-9,12,14,20-21,24,26H,4-6,11,15H2,1-3H3/b17-14+/t20-,21+/m0/s1. The second kappa shape index (κ2) is 10.7. The highest BCUT2D eigenvalue weighted by Gasteiger charge is 2.47. The molecule has 2 atom stereocenters. The lowest BCUT2D eigenvalue weighted by atomic mass is 9.80. The largest absolute Gasteiger partial charge is 0.494 e. The fourth-order valence-electron chi connectivity index (χ4n) is 3.45. The van der Waals surface area contributed by atoms with Gasteiger partial charge in [-0.1, -0.05) is 13.8 Å². The van der Waals surface area contributed by atoms with Gasteiger partial charge in [-0.3, -0.25) is 0 Å². The maximum absolute atomic E-state index is 11.2. The Morgan fingerprint density at radius 1 is 1.38 bits per heavy atom. The molecule has 0 amide bonds. The molecule has 0 radical (unpaired) electrons. The lowest BCUT2D eigenvalue weighted by molar-refractivity contribution is -0.0903. The number of hydrogen-bond acceptors (Lipinski definition) is 7. The van der Waals surface area contributed by atoms with Gasteiger partial charge in [0.05, 0.1) is 30.9 Å². The van der Waals surface area contributed by atoms with Crippen LogP contribution in [0.1, 0.15) is 50.8 Å². The van der Waals surface area contributed by atoms with Gasteiger partial charge in [0.1, 0.15) is 35.8 Å². The molecular formula is C22H28N2O5. The molecule has 0 aliphatic carbocycles. The Labute approximate surface area is 171 Å². The predicted octanol–water partition coefficient (Wildman–Crippen LogP) is 2.78. The van der Waals surface area contributed by atoms with E-state index in [-0.39, 0.29) is 13.2 Å². The smallest absolute Gasteiger partial charge is 0.137 e. The van der Waals surface area contributed by atoms with Crippen molar-refractivity contribution < 1.29 is 24.1 Å². The first-order valence-corrected chi connectivity index (χ1v) is 9.81. The van der Waals surface area contributed by atoms with Crippen LogP contribution in [0.3, 0.4) is 0 Å². The van der Waals surface area contributed by atoms with Gasteiger partial charge in [0.15, 0.2) is 0 Å². The van der Waals surface area contributed by atoms with E-state index in [9.17, 15) is 15.2 Å². The van der Waals surface area contributed by atoms with Gasteiger partial charge in [0, 0.05) is 17.8 Å². The lowest BCUT2D eigenvalue weighted by Crippen LogP contribution is -2.55. The minimum Gasteiger partial charge on any atom is -0.494 e. The Bertz CT molecular complexity index is 804. The van der Waals surface area contributed by atoms with Crippen molar-refractivity contribution in [1.82, 2.24) is 5.32 Å².